The molecule has 182 valence electrons. The zero-order valence-corrected chi connectivity index (χ0v) is 20.8. The first-order valence-electron chi connectivity index (χ1n) is 11.8. The van der Waals surface area contributed by atoms with Crippen LogP contribution in [0.25, 0.3) is 10.2 Å². The number of thiazole rings is 1. The van der Waals surface area contributed by atoms with E-state index < -0.39 is 5.41 Å². The van der Waals surface area contributed by atoms with Gasteiger partial charge in [-0.3, -0.25) is 24.3 Å². The number of amides is 3. The van der Waals surface area contributed by atoms with Crippen LogP contribution >= 0.6 is 11.3 Å². The maximum atomic E-state index is 13.8. The highest BCUT2D eigenvalue weighted by Gasteiger charge is 2.53. The van der Waals surface area contributed by atoms with Crippen molar-refractivity contribution in [3.8, 4) is 0 Å². The summed E-state index contributed by atoms with van der Waals surface area (Å²) in [5.74, 6) is -0.788. The van der Waals surface area contributed by atoms with Crippen LogP contribution in [0.1, 0.15) is 29.1 Å². The molecule has 1 aliphatic rings. The molecule has 0 aliphatic carbocycles. The van der Waals surface area contributed by atoms with Crippen molar-refractivity contribution in [1.29, 1.82) is 0 Å². The fraction of sp³-hybridized carbons (Fsp3) is 0.250. The number of imide groups is 1. The van der Waals surface area contributed by atoms with Gasteiger partial charge in [-0.1, -0.05) is 48.5 Å². The van der Waals surface area contributed by atoms with E-state index in [1.807, 2.05) is 72.8 Å². The summed E-state index contributed by atoms with van der Waals surface area (Å²) in [5.41, 5.74) is 1.17. The molecule has 36 heavy (non-hydrogen) atoms. The molecule has 1 atom stereocenters. The molecule has 1 aliphatic heterocycles. The Kier molecular flexibility index (Phi) is 6.61. The molecule has 1 unspecified atom stereocenters. The van der Waals surface area contributed by atoms with Gasteiger partial charge in [0, 0.05) is 44.7 Å². The molecule has 3 amide bonds. The summed E-state index contributed by atoms with van der Waals surface area (Å²) in [4.78, 5) is 52.1. The molecule has 5 rings (SSSR count). The second-order valence-corrected chi connectivity index (χ2v) is 10.2. The lowest BCUT2D eigenvalue weighted by molar-refractivity contribution is -0.142. The quantitative estimate of drug-likeness (QED) is 0.343. The topological polar surface area (TPSA) is 83.5 Å². The van der Waals surface area contributed by atoms with Crippen LogP contribution in [0.5, 0.6) is 0 Å². The van der Waals surface area contributed by atoms with Crippen molar-refractivity contribution in [2.45, 2.75) is 31.2 Å². The largest absolute Gasteiger partial charge is 0.339 e. The molecule has 0 spiro atoms. The van der Waals surface area contributed by atoms with Gasteiger partial charge in [0.05, 0.1) is 22.2 Å². The monoisotopic (exact) mass is 498 g/mol. The number of benzene rings is 2. The second-order valence-electron chi connectivity index (χ2n) is 9.05. The third kappa shape index (κ3) is 4.64. The molecule has 0 saturated carbocycles. The Morgan fingerprint density at radius 2 is 1.78 bits per heavy atom. The zero-order valence-electron chi connectivity index (χ0n) is 20.0. The van der Waals surface area contributed by atoms with Gasteiger partial charge in [0.25, 0.3) is 0 Å². The molecule has 8 heteroatoms. The molecule has 0 N–H and O–H groups in total. The van der Waals surface area contributed by atoms with Gasteiger partial charge in [0.2, 0.25) is 17.7 Å². The van der Waals surface area contributed by atoms with Crippen molar-refractivity contribution in [2.24, 2.45) is 0 Å². The van der Waals surface area contributed by atoms with E-state index in [-0.39, 0.29) is 37.1 Å². The predicted molar refractivity (Wildman–Crippen MR) is 138 cm³/mol. The van der Waals surface area contributed by atoms with Gasteiger partial charge in [-0.2, -0.15) is 0 Å². The summed E-state index contributed by atoms with van der Waals surface area (Å²) in [7, 11) is 1.72. The van der Waals surface area contributed by atoms with Crippen molar-refractivity contribution >= 4 is 39.3 Å². The molecule has 7 nitrogen and oxygen atoms in total. The highest BCUT2D eigenvalue weighted by molar-refractivity contribution is 7.18. The van der Waals surface area contributed by atoms with Gasteiger partial charge >= 0.3 is 0 Å². The first-order chi connectivity index (χ1) is 17.5. The van der Waals surface area contributed by atoms with E-state index in [9.17, 15) is 14.4 Å². The number of hydrogen-bond acceptors (Lipinski definition) is 6. The van der Waals surface area contributed by atoms with Crippen molar-refractivity contribution in [3.63, 3.8) is 0 Å². The second kappa shape index (κ2) is 9.99. The van der Waals surface area contributed by atoms with Crippen LogP contribution in [0.2, 0.25) is 0 Å². The van der Waals surface area contributed by atoms with E-state index in [0.29, 0.717) is 18.5 Å². The van der Waals surface area contributed by atoms with Crippen molar-refractivity contribution in [3.05, 3.63) is 95.3 Å². The molecule has 3 heterocycles. The Morgan fingerprint density at radius 3 is 2.53 bits per heavy atom. The van der Waals surface area contributed by atoms with Crippen molar-refractivity contribution in [2.75, 3.05) is 13.6 Å². The SMILES string of the molecule is CN(Cc1nc2ccccc2s1)C(=O)CC1(c2ccccc2)CC(=O)N(CCc2ccccn2)C1=O. The lowest BCUT2D eigenvalue weighted by atomic mass is 9.75. The average molecular weight is 499 g/mol. The van der Waals surface area contributed by atoms with E-state index in [2.05, 4.69) is 9.97 Å². The number of fused-ring (bicyclic) bond motifs is 1. The third-order valence-electron chi connectivity index (χ3n) is 6.64. The van der Waals surface area contributed by atoms with Gasteiger partial charge in [-0.25, -0.2) is 4.98 Å². The first kappa shape index (κ1) is 23.8. The summed E-state index contributed by atoms with van der Waals surface area (Å²) in [6.45, 7) is 0.577. The van der Waals surface area contributed by atoms with Gasteiger partial charge < -0.3 is 4.90 Å². The minimum absolute atomic E-state index is 0.0290. The smallest absolute Gasteiger partial charge is 0.240 e. The number of rotatable bonds is 8. The number of para-hydroxylation sites is 1. The minimum atomic E-state index is -1.22. The molecular weight excluding hydrogens is 472 g/mol. The zero-order chi connectivity index (χ0) is 25.1. The molecule has 0 radical (unpaired) electrons. The summed E-state index contributed by atoms with van der Waals surface area (Å²) in [6, 6.07) is 22.6. The van der Waals surface area contributed by atoms with Gasteiger partial charge in [-0.15, -0.1) is 11.3 Å². The number of nitrogens with zero attached hydrogens (tertiary/aromatic N) is 4. The summed E-state index contributed by atoms with van der Waals surface area (Å²) in [5, 5.41) is 0.826. The lowest BCUT2D eigenvalue weighted by Crippen LogP contribution is -2.43. The van der Waals surface area contributed by atoms with Crippen molar-refractivity contribution < 1.29 is 14.4 Å². The molecule has 1 fully saturated rings. The maximum absolute atomic E-state index is 13.8. The number of likely N-dealkylation sites (tertiary alicyclic amines) is 1. The summed E-state index contributed by atoms with van der Waals surface area (Å²) >= 11 is 1.55. The van der Waals surface area contributed by atoms with E-state index in [1.54, 1.807) is 29.5 Å². The third-order valence-corrected chi connectivity index (χ3v) is 7.66. The molecular formula is C28H26N4O3S. The standard InChI is InChI=1S/C28H26N4O3S/c1-31(19-24-30-22-12-5-6-13-23(22)36-24)25(33)17-28(20-9-3-2-4-10-20)18-26(34)32(27(28)35)16-14-21-11-7-8-15-29-21/h2-13,15H,14,16-19H2,1H3. The first-order valence-corrected chi connectivity index (χ1v) is 12.7. The fourth-order valence-corrected chi connectivity index (χ4v) is 5.71. The predicted octanol–water partition coefficient (Wildman–Crippen LogP) is 3.98. The van der Waals surface area contributed by atoms with Crippen LogP contribution in [-0.4, -0.2) is 51.1 Å². The Balaban J connectivity index is 1.37. The Labute approximate surface area is 213 Å². The summed E-state index contributed by atoms with van der Waals surface area (Å²) < 4.78 is 1.06. The highest BCUT2D eigenvalue weighted by Crippen LogP contribution is 2.40. The molecule has 4 aromatic rings. The number of carbonyl (C=O) groups is 3. The van der Waals surface area contributed by atoms with Crippen LogP contribution in [0.15, 0.2) is 79.0 Å². The molecule has 1 saturated heterocycles. The number of pyridine rings is 1. The maximum Gasteiger partial charge on any atom is 0.240 e. The normalized spacial score (nSPS) is 17.6. The van der Waals surface area contributed by atoms with Crippen LogP contribution in [0.3, 0.4) is 0 Å². The van der Waals surface area contributed by atoms with E-state index >= 15 is 0 Å². The number of carbonyl (C=O) groups excluding carboxylic acids is 3. The highest BCUT2D eigenvalue weighted by atomic mass is 32.1. The number of aromatic nitrogens is 2. The van der Waals surface area contributed by atoms with Crippen LogP contribution < -0.4 is 0 Å². The van der Waals surface area contributed by atoms with E-state index in [0.717, 1.165) is 20.9 Å². The van der Waals surface area contributed by atoms with Crippen LogP contribution in [0, 0.1) is 0 Å². The lowest BCUT2D eigenvalue weighted by Gasteiger charge is -2.29. The molecule has 2 aromatic carbocycles. The molecule has 2 aromatic heterocycles. The van der Waals surface area contributed by atoms with Crippen LogP contribution in [0.4, 0.5) is 0 Å². The Morgan fingerprint density at radius 1 is 1.03 bits per heavy atom. The van der Waals surface area contributed by atoms with Gasteiger partial charge in [0.1, 0.15) is 5.01 Å². The van der Waals surface area contributed by atoms with Gasteiger partial charge in [-0.05, 0) is 29.8 Å². The Hall–Kier alpha value is -3.91. The Bertz CT molecular complexity index is 1370. The number of hydrogen-bond donors (Lipinski definition) is 0. The van der Waals surface area contributed by atoms with E-state index in [4.69, 9.17) is 0 Å². The average Bonchev–Trinajstić information content (AvgIpc) is 3.41. The van der Waals surface area contributed by atoms with E-state index in [1.165, 1.54) is 4.90 Å². The summed E-state index contributed by atoms with van der Waals surface area (Å²) in [6.07, 6.45) is 2.05. The molecule has 0 bridgehead atoms. The van der Waals surface area contributed by atoms with Crippen LogP contribution in [-0.2, 0) is 32.8 Å². The fourth-order valence-electron chi connectivity index (χ4n) is 4.69. The minimum Gasteiger partial charge on any atom is -0.339 e. The van der Waals surface area contributed by atoms with Crippen molar-refractivity contribution in [1.82, 2.24) is 19.8 Å². The van der Waals surface area contributed by atoms with Gasteiger partial charge in [0.15, 0.2) is 0 Å².